The Balaban J connectivity index is 1.83. The van der Waals surface area contributed by atoms with Gasteiger partial charge in [0.15, 0.2) is 0 Å². The van der Waals surface area contributed by atoms with Crippen LogP contribution in [0.4, 0.5) is 0 Å². The molecule has 75 valence electrons. The third kappa shape index (κ3) is 5.67. The van der Waals surface area contributed by atoms with E-state index in [0.29, 0.717) is 12.5 Å². The second kappa shape index (κ2) is 6.01. The minimum absolute atomic E-state index is 0.247. The zero-order valence-electron chi connectivity index (χ0n) is 8.35. The van der Waals surface area contributed by atoms with Gasteiger partial charge in [-0.3, -0.25) is 4.79 Å². The van der Waals surface area contributed by atoms with Crippen molar-refractivity contribution in [2.24, 2.45) is 0 Å². The van der Waals surface area contributed by atoms with Gasteiger partial charge in [0.05, 0.1) is 0 Å². The summed E-state index contributed by atoms with van der Waals surface area (Å²) >= 11 is 0. The molecule has 0 bridgehead atoms. The van der Waals surface area contributed by atoms with Gasteiger partial charge in [-0.1, -0.05) is 32.6 Å². The molecule has 0 aromatic rings. The third-order valence-electron chi connectivity index (χ3n) is 2.35. The standard InChI is InChI=1S/C11H20NO/c1-2-3-4-5-6-7-11(13)12-10-8-9-10/h10H,1-9H2,(H,12,13). The molecule has 0 spiro atoms. The van der Waals surface area contributed by atoms with Crippen molar-refractivity contribution in [2.75, 3.05) is 0 Å². The van der Waals surface area contributed by atoms with Crippen molar-refractivity contribution in [1.82, 2.24) is 5.32 Å². The fraction of sp³-hybridized carbons (Fsp3) is 0.818. The fourth-order valence-electron chi connectivity index (χ4n) is 1.34. The molecular weight excluding hydrogens is 162 g/mol. The summed E-state index contributed by atoms with van der Waals surface area (Å²) in [5.41, 5.74) is 0. The number of rotatable bonds is 7. The molecule has 0 atom stereocenters. The number of unbranched alkanes of at least 4 members (excludes halogenated alkanes) is 4. The van der Waals surface area contributed by atoms with E-state index in [2.05, 4.69) is 12.2 Å². The van der Waals surface area contributed by atoms with Gasteiger partial charge in [0, 0.05) is 12.5 Å². The minimum Gasteiger partial charge on any atom is -0.353 e. The van der Waals surface area contributed by atoms with Crippen LogP contribution in [0, 0.1) is 6.92 Å². The van der Waals surface area contributed by atoms with Crippen LogP contribution in [0.1, 0.15) is 51.4 Å². The molecule has 1 rings (SSSR count). The minimum atomic E-state index is 0.247. The van der Waals surface area contributed by atoms with Crippen molar-refractivity contribution < 1.29 is 4.79 Å². The van der Waals surface area contributed by atoms with Gasteiger partial charge in [-0.2, -0.15) is 0 Å². The molecule has 0 aromatic heterocycles. The van der Waals surface area contributed by atoms with E-state index in [1.165, 1.54) is 32.1 Å². The van der Waals surface area contributed by atoms with Crippen LogP contribution < -0.4 is 5.32 Å². The Morgan fingerprint density at radius 2 is 1.92 bits per heavy atom. The van der Waals surface area contributed by atoms with Crippen LogP contribution in [-0.4, -0.2) is 11.9 Å². The Bertz CT molecular complexity index is 152. The Morgan fingerprint density at radius 1 is 1.23 bits per heavy atom. The van der Waals surface area contributed by atoms with Crippen molar-refractivity contribution in [3.05, 3.63) is 6.92 Å². The Morgan fingerprint density at radius 3 is 2.54 bits per heavy atom. The quantitative estimate of drug-likeness (QED) is 0.602. The number of carbonyl (C=O) groups is 1. The van der Waals surface area contributed by atoms with E-state index in [1.807, 2.05) is 0 Å². The first-order chi connectivity index (χ1) is 6.33. The molecule has 1 amide bonds. The molecule has 13 heavy (non-hydrogen) atoms. The topological polar surface area (TPSA) is 29.1 Å². The maximum Gasteiger partial charge on any atom is 0.220 e. The first kappa shape index (κ1) is 10.6. The highest BCUT2D eigenvalue weighted by Gasteiger charge is 2.22. The first-order valence-electron chi connectivity index (χ1n) is 5.41. The molecule has 1 radical (unpaired) electrons. The van der Waals surface area contributed by atoms with E-state index in [1.54, 1.807) is 0 Å². The van der Waals surface area contributed by atoms with E-state index in [9.17, 15) is 4.79 Å². The molecule has 0 aromatic carbocycles. The first-order valence-corrected chi connectivity index (χ1v) is 5.41. The zero-order chi connectivity index (χ0) is 9.52. The Hall–Kier alpha value is -0.530. The SMILES string of the molecule is [CH2]CCCCCCC(=O)NC1CC1. The molecule has 1 fully saturated rings. The maximum absolute atomic E-state index is 11.2. The van der Waals surface area contributed by atoms with Crippen LogP contribution in [0.25, 0.3) is 0 Å². The summed E-state index contributed by atoms with van der Waals surface area (Å²) < 4.78 is 0. The van der Waals surface area contributed by atoms with Gasteiger partial charge in [0.2, 0.25) is 5.91 Å². The number of carbonyl (C=O) groups excluding carboxylic acids is 1. The van der Waals surface area contributed by atoms with Gasteiger partial charge in [-0.25, -0.2) is 0 Å². The van der Waals surface area contributed by atoms with Crippen molar-refractivity contribution in [3.63, 3.8) is 0 Å². The predicted octanol–water partition coefficient (Wildman–Crippen LogP) is 2.44. The van der Waals surface area contributed by atoms with E-state index in [-0.39, 0.29) is 5.91 Å². The molecule has 2 nitrogen and oxygen atoms in total. The summed E-state index contributed by atoms with van der Waals surface area (Å²) in [6.45, 7) is 3.79. The van der Waals surface area contributed by atoms with Gasteiger partial charge >= 0.3 is 0 Å². The van der Waals surface area contributed by atoms with Crippen LogP contribution in [-0.2, 0) is 4.79 Å². The number of hydrogen-bond donors (Lipinski definition) is 1. The van der Waals surface area contributed by atoms with Crippen molar-refractivity contribution >= 4 is 5.91 Å². The lowest BCUT2D eigenvalue weighted by Gasteiger charge is -2.02. The zero-order valence-corrected chi connectivity index (χ0v) is 8.35. The van der Waals surface area contributed by atoms with E-state index < -0.39 is 0 Å². The lowest BCUT2D eigenvalue weighted by molar-refractivity contribution is -0.121. The summed E-state index contributed by atoms with van der Waals surface area (Å²) in [5, 5.41) is 2.99. The molecule has 0 unspecified atom stereocenters. The summed E-state index contributed by atoms with van der Waals surface area (Å²) in [6, 6.07) is 0.521. The second-order valence-corrected chi connectivity index (χ2v) is 3.86. The summed E-state index contributed by atoms with van der Waals surface area (Å²) in [4.78, 5) is 11.2. The molecule has 1 aliphatic carbocycles. The van der Waals surface area contributed by atoms with Crippen molar-refractivity contribution in [1.29, 1.82) is 0 Å². The van der Waals surface area contributed by atoms with Gasteiger partial charge in [-0.15, -0.1) is 0 Å². The highest BCUT2D eigenvalue weighted by Crippen LogP contribution is 2.18. The summed E-state index contributed by atoms with van der Waals surface area (Å²) in [5.74, 6) is 0.247. The van der Waals surface area contributed by atoms with E-state index >= 15 is 0 Å². The monoisotopic (exact) mass is 182 g/mol. The third-order valence-corrected chi connectivity index (χ3v) is 2.35. The molecule has 1 N–H and O–H groups in total. The van der Waals surface area contributed by atoms with Gasteiger partial charge in [0.1, 0.15) is 0 Å². The molecular formula is C11H20NO. The van der Waals surface area contributed by atoms with Crippen LogP contribution >= 0.6 is 0 Å². The van der Waals surface area contributed by atoms with Crippen molar-refractivity contribution in [2.45, 2.75) is 57.4 Å². The van der Waals surface area contributed by atoms with Crippen molar-refractivity contribution in [3.8, 4) is 0 Å². The maximum atomic E-state index is 11.2. The highest BCUT2D eigenvalue weighted by atomic mass is 16.1. The van der Waals surface area contributed by atoms with Gasteiger partial charge in [-0.05, 0) is 19.3 Å². The smallest absolute Gasteiger partial charge is 0.220 e. The average Bonchev–Trinajstić information content (AvgIpc) is 2.88. The molecule has 1 saturated carbocycles. The molecule has 0 saturated heterocycles. The molecule has 2 heteroatoms. The average molecular weight is 182 g/mol. The number of amides is 1. The number of hydrogen-bond acceptors (Lipinski definition) is 1. The fourth-order valence-corrected chi connectivity index (χ4v) is 1.34. The van der Waals surface area contributed by atoms with E-state index in [4.69, 9.17) is 0 Å². The van der Waals surface area contributed by atoms with Crippen LogP contribution in [0.3, 0.4) is 0 Å². The highest BCUT2D eigenvalue weighted by molar-refractivity contribution is 5.76. The lowest BCUT2D eigenvalue weighted by atomic mass is 10.1. The molecule has 0 aliphatic heterocycles. The number of nitrogens with one attached hydrogen (secondary N) is 1. The van der Waals surface area contributed by atoms with Gasteiger partial charge in [0.25, 0.3) is 0 Å². The molecule has 1 aliphatic rings. The summed E-state index contributed by atoms with van der Waals surface area (Å²) in [6.07, 6.45) is 8.75. The van der Waals surface area contributed by atoms with Gasteiger partial charge < -0.3 is 5.32 Å². The van der Waals surface area contributed by atoms with Crippen LogP contribution in [0.15, 0.2) is 0 Å². The van der Waals surface area contributed by atoms with Crippen LogP contribution in [0.2, 0.25) is 0 Å². The molecule has 0 heterocycles. The summed E-state index contributed by atoms with van der Waals surface area (Å²) in [7, 11) is 0. The lowest BCUT2D eigenvalue weighted by Crippen LogP contribution is -2.24. The largest absolute Gasteiger partial charge is 0.353 e. The second-order valence-electron chi connectivity index (χ2n) is 3.86. The normalized spacial score (nSPS) is 15.8. The Labute approximate surface area is 81.1 Å². The predicted molar refractivity (Wildman–Crippen MR) is 54.2 cm³/mol. The Kier molecular flexibility index (Phi) is 4.87. The van der Waals surface area contributed by atoms with E-state index in [0.717, 1.165) is 12.8 Å². The van der Waals surface area contributed by atoms with Crippen LogP contribution in [0.5, 0.6) is 0 Å².